The number of nitrogens with zero attached hydrogens (tertiary/aromatic N) is 1. The van der Waals surface area contributed by atoms with Gasteiger partial charge in [0.15, 0.2) is 5.76 Å². The van der Waals surface area contributed by atoms with Crippen LogP contribution in [0.3, 0.4) is 0 Å². The number of piperidine rings is 1. The predicted molar refractivity (Wildman–Crippen MR) is 66.0 cm³/mol. The normalized spacial score (nSPS) is 20.2. The van der Waals surface area contributed by atoms with E-state index in [4.69, 9.17) is 4.42 Å². The number of amides is 1. The maximum absolute atomic E-state index is 12.3. The van der Waals surface area contributed by atoms with Gasteiger partial charge in [-0.15, -0.1) is 0 Å². The number of aryl methyl sites for hydroxylation is 1. The summed E-state index contributed by atoms with van der Waals surface area (Å²) in [4.78, 5) is 14.2. The number of furan rings is 1. The molecule has 0 radical (unpaired) electrons. The molecule has 1 saturated heterocycles. The van der Waals surface area contributed by atoms with Crippen molar-refractivity contribution in [3.63, 3.8) is 0 Å². The van der Waals surface area contributed by atoms with Crippen LogP contribution in [0.25, 0.3) is 0 Å². The second-order valence-electron chi connectivity index (χ2n) is 4.50. The van der Waals surface area contributed by atoms with Crippen LogP contribution in [0.15, 0.2) is 16.5 Å². The summed E-state index contributed by atoms with van der Waals surface area (Å²) in [7, 11) is 0. The van der Waals surface area contributed by atoms with E-state index in [1.807, 2.05) is 24.8 Å². The van der Waals surface area contributed by atoms with Gasteiger partial charge in [0.1, 0.15) is 5.76 Å². The molecular formula is C13H20N2O2. The molecule has 1 aromatic rings. The fourth-order valence-electron chi connectivity index (χ4n) is 2.36. The van der Waals surface area contributed by atoms with E-state index in [0.29, 0.717) is 11.8 Å². The summed E-state index contributed by atoms with van der Waals surface area (Å²) >= 11 is 0. The van der Waals surface area contributed by atoms with Gasteiger partial charge in [0.25, 0.3) is 5.91 Å². The van der Waals surface area contributed by atoms with Crippen LogP contribution in [0.1, 0.15) is 36.1 Å². The molecule has 1 aliphatic rings. The summed E-state index contributed by atoms with van der Waals surface area (Å²) in [5, 5.41) is 3.34. The molecule has 1 N–H and O–H groups in total. The van der Waals surface area contributed by atoms with Gasteiger partial charge in [-0.1, -0.05) is 0 Å². The minimum atomic E-state index is 0.00861. The summed E-state index contributed by atoms with van der Waals surface area (Å²) in [6.45, 7) is 6.55. The highest BCUT2D eigenvalue weighted by molar-refractivity contribution is 5.91. The molecule has 0 bridgehead atoms. The fourth-order valence-corrected chi connectivity index (χ4v) is 2.36. The number of hydrogen-bond acceptors (Lipinski definition) is 3. The molecule has 1 fully saturated rings. The Balaban J connectivity index is 2.09. The van der Waals surface area contributed by atoms with Crippen molar-refractivity contribution in [3.8, 4) is 0 Å². The van der Waals surface area contributed by atoms with Crippen molar-refractivity contribution in [3.05, 3.63) is 23.7 Å². The van der Waals surface area contributed by atoms with Crippen molar-refractivity contribution in [2.24, 2.45) is 0 Å². The van der Waals surface area contributed by atoms with Crippen LogP contribution in [0.2, 0.25) is 0 Å². The molecule has 1 atom stereocenters. The van der Waals surface area contributed by atoms with Gasteiger partial charge in [-0.3, -0.25) is 4.79 Å². The number of likely N-dealkylation sites (N-methyl/N-ethyl adjacent to an activating group) is 1. The third-order valence-corrected chi connectivity index (χ3v) is 3.26. The maximum atomic E-state index is 12.3. The molecule has 1 aliphatic heterocycles. The number of carbonyl (C=O) groups is 1. The van der Waals surface area contributed by atoms with Gasteiger partial charge in [-0.05, 0) is 45.4 Å². The van der Waals surface area contributed by atoms with Gasteiger partial charge in [0.05, 0.1) is 0 Å². The van der Waals surface area contributed by atoms with E-state index in [2.05, 4.69) is 5.32 Å². The first kappa shape index (κ1) is 12.2. The second-order valence-corrected chi connectivity index (χ2v) is 4.50. The Morgan fingerprint density at radius 2 is 2.41 bits per heavy atom. The minimum Gasteiger partial charge on any atom is -0.456 e. The van der Waals surface area contributed by atoms with Crippen LogP contribution in [0.4, 0.5) is 0 Å². The van der Waals surface area contributed by atoms with Crippen molar-refractivity contribution in [2.45, 2.75) is 32.7 Å². The van der Waals surface area contributed by atoms with Crippen LogP contribution < -0.4 is 5.32 Å². The lowest BCUT2D eigenvalue weighted by atomic mass is 10.1. The second kappa shape index (κ2) is 5.36. The third kappa shape index (κ3) is 2.69. The number of hydrogen-bond donors (Lipinski definition) is 1. The van der Waals surface area contributed by atoms with Gasteiger partial charge in [0.2, 0.25) is 0 Å². The lowest BCUT2D eigenvalue weighted by Crippen LogP contribution is -2.48. The lowest BCUT2D eigenvalue weighted by molar-refractivity contribution is 0.0628. The van der Waals surface area contributed by atoms with Crippen molar-refractivity contribution < 1.29 is 9.21 Å². The standard InChI is InChI=1S/C13H20N2O2/c1-3-15(11-5-4-8-14-9-11)13(16)12-7-6-10(2)17-12/h6-7,11,14H,3-5,8-9H2,1-2H3. The SMILES string of the molecule is CCN(C(=O)c1ccc(C)o1)C1CCCNC1. The Kier molecular flexibility index (Phi) is 3.84. The summed E-state index contributed by atoms with van der Waals surface area (Å²) in [5.74, 6) is 1.25. The fraction of sp³-hybridized carbons (Fsp3) is 0.615. The summed E-state index contributed by atoms with van der Waals surface area (Å²) < 4.78 is 5.41. The highest BCUT2D eigenvalue weighted by atomic mass is 16.3. The average Bonchev–Trinajstić information content (AvgIpc) is 2.78. The Labute approximate surface area is 102 Å². The Morgan fingerprint density at radius 1 is 1.59 bits per heavy atom. The first-order valence-corrected chi connectivity index (χ1v) is 6.30. The zero-order valence-corrected chi connectivity index (χ0v) is 10.5. The van der Waals surface area contributed by atoms with Crippen molar-refractivity contribution >= 4 is 5.91 Å². The van der Waals surface area contributed by atoms with E-state index in [-0.39, 0.29) is 5.91 Å². The third-order valence-electron chi connectivity index (χ3n) is 3.26. The van der Waals surface area contributed by atoms with Crippen molar-refractivity contribution in [1.29, 1.82) is 0 Å². The maximum Gasteiger partial charge on any atom is 0.289 e. The molecule has 0 aliphatic carbocycles. The lowest BCUT2D eigenvalue weighted by Gasteiger charge is -2.33. The molecular weight excluding hydrogens is 216 g/mol. The van der Waals surface area contributed by atoms with Crippen LogP contribution in [0.5, 0.6) is 0 Å². The molecule has 0 spiro atoms. The molecule has 2 rings (SSSR count). The molecule has 1 aromatic heterocycles. The monoisotopic (exact) mass is 236 g/mol. The topological polar surface area (TPSA) is 45.5 Å². The highest BCUT2D eigenvalue weighted by Crippen LogP contribution is 2.15. The minimum absolute atomic E-state index is 0.00861. The molecule has 0 aromatic carbocycles. The Morgan fingerprint density at radius 3 is 2.94 bits per heavy atom. The van der Waals surface area contributed by atoms with Crippen molar-refractivity contribution in [1.82, 2.24) is 10.2 Å². The van der Waals surface area contributed by atoms with E-state index in [0.717, 1.165) is 38.2 Å². The highest BCUT2D eigenvalue weighted by Gasteiger charge is 2.26. The molecule has 4 nitrogen and oxygen atoms in total. The smallest absolute Gasteiger partial charge is 0.289 e. The molecule has 17 heavy (non-hydrogen) atoms. The van der Waals surface area contributed by atoms with Gasteiger partial charge in [0, 0.05) is 19.1 Å². The Bertz CT molecular complexity index is 381. The summed E-state index contributed by atoms with van der Waals surface area (Å²) in [6.07, 6.45) is 2.21. The van der Waals surface area contributed by atoms with E-state index in [9.17, 15) is 4.79 Å². The van der Waals surface area contributed by atoms with Gasteiger partial charge < -0.3 is 14.6 Å². The van der Waals surface area contributed by atoms with Gasteiger partial charge in [-0.25, -0.2) is 0 Å². The number of carbonyl (C=O) groups excluding carboxylic acids is 1. The van der Waals surface area contributed by atoms with E-state index >= 15 is 0 Å². The molecule has 2 heterocycles. The summed E-state index contributed by atoms with van der Waals surface area (Å²) in [5.41, 5.74) is 0. The average molecular weight is 236 g/mol. The molecule has 4 heteroatoms. The Hall–Kier alpha value is -1.29. The molecule has 1 amide bonds. The van der Waals surface area contributed by atoms with Crippen LogP contribution >= 0.6 is 0 Å². The molecule has 0 saturated carbocycles. The first-order chi connectivity index (χ1) is 8.22. The number of rotatable bonds is 3. The van der Waals surface area contributed by atoms with Gasteiger partial charge in [-0.2, -0.15) is 0 Å². The van der Waals surface area contributed by atoms with E-state index in [1.54, 1.807) is 6.07 Å². The zero-order valence-electron chi connectivity index (χ0n) is 10.5. The molecule has 94 valence electrons. The van der Waals surface area contributed by atoms with Gasteiger partial charge >= 0.3 is 0 Å². The largest absolute Gasteiger partial charge is 0.456 e. The number of nitrogens with one attached hydrogen (secondary N) is 1. The van der Waals surface area contributed by atoms with Crippen molar-refractivity contribution in [2.75, 3.05) is 19.6 Å². The first-order valence-electron chi connectivity index (χ1n) is 6.30. The van der Waals surface area contributed by atoms with Crippen LogP contribution in [-0.4, -0.2) is 36.5 Å². The van der Waals surface area contributed by atoms with Crippen LogP contribution in [0, 0.1) is 6.92 Å². The summed E-state index contributed by atoms with van der Waals surface area (Å²) in [6, 6.07) is 3.89. The quantitative estimate of drug-likeness (QED) is 0.870. The van der Waals surface area contributed by atoms with E-state index < -0.39 is 0 Å². The zero-order chi connectivity index (χ0) is 12.3. The molecule has 1 unspecified atom stereocenters. The van der Waals surface area contributed by atoms with Crippen LogP contribution in [-0.2, 0) is 0 Å². The predicted octanol–water partition coefficient (Wildman–Crippen LogP) is 1.80. The van der Waals surface area contributed by atoms with E-state index in [1.165, 1.54) is 0 Å².